The van der Waals surface area contributed by atoms with Crippen LogP contribution in [0.25, 0.3) is 0 Å². The number of hydrogen-bond donors (Lipinski definition) is 0. The first kappa shape index (κ1) is 22.8. The second-order valence-electron chi connectivity index (χ2n) is 7.82. The minimum Gasteiger partial charge on any atom is -0.466 e. The smallest absolute Gasteiger partial charge is 0.338 e. The van der Waals surface area contributed by atoms with Gasteiger partial charge >= 0.3 is 5.97 Å². The minimum absolute atomic E-state index is 0.0911. The van der Waals surface area contributed by atoms with Gasteiger partial charge in [-0.05, 0) is 24.0 Å². The van der Waals surface area contributed by atoms with Crippen LogP contribution in [0.2, 0.25) is 0 Å². The van der Waals surface area contributed by atoms with Crippen LogP contribution in [0.1, 0.15) is 30.5 Å². The molecule has 0 spiro atoms. The molecular formula is C25H24FN3O3S. The second kappa shape index (κ2) is 9.62. The molecule has 0 fully saturated rings. The van der Waals surface area contributed by atoms with Crippen molar-refractivity contribution < 1.29 is 18.7 Å². The second-order valence-corrected chi connectivity index (χ2v) is 8.65. The summed E-state index contributed by atoms with van der Waals surface area (Å²) in [7, 11) is 3.04. The number of rotatable bonds is 6. The SMILES string of the molecule is COC(=O)C1=C(C)N=C2SC=C(CC(=O)N(C)Cc3ccccc3)N2C1c1ccccc1F. The molecule has 0 saturated heterocycles. The summed E-state index contributed by atoms with van der Waals surface area (Å²) in [6.07, 6.45) is 0.0911. The van der Waals surface area contributed by atoms with Crippen LogP contribution < -0.4 is 0 Å². The first-order valence-electron chi connectivity index (χ1n) is 10.5. The van der Waals surface area contributed by atoms with Gasteiger partial charge in [-0.1, -0.05) is 60.3 Å². The molecule has 1 atom stereocenters. The topological polar surface area (TPSA) is 62.2 Å². The maximum atomic E-state index is 14.9. The third kappa shape index (κ3) is 4.57. The lowest BCUT2D eigenvalue weighted by atomic mass is 9.93. The Balaban J connectivity index is 1.65. The molecule has 0 saturated carbocycles. The number of ether oxygens (including phenoxy) is 1. The monoisotopic (exact) mass is 465 g/mol. The molecule has 1 amide bonds. The number of thioether (sulfide) groups is 1. The van der Waals surface area contributed by atoms with E-state index in [1.165, 1.54) is 24.9 Å². The van der Waals surface area contributed by atoms with Crippen LogP contribution in [0.15, 0.2) is 82.0 Å². The molecule has 2 heterocycles. The van der Waals surface area contributed by atoms with E-state index in [-0.39, 0.29) is 17.9 Å². The summed E-state index contributed by atoms with van der Waals surface area (Å²) >= 11 is 1.36. The molecule has 0 N–H and O–H groups in total. The predicted molar refractivity (Wildman–Crippen MR) is 126 cm³/mol. The number of benzene rings is 2. The van der Waals surface area contributed by atoms with Gasteiger partial charge in [0.2, 0.25) is 5.91 Å². The first-order valence-corrected chi connectivity index (χ1v) is 11.3. The van der Waals surface area contributed by atoms with Crippen molar-refractivity contribution in [2.45, 2.75) is 25.9 Å². The average molecular weight is 466 g/mol. The zero-order valence-electron chi connectivity index (χ0n) is 18.6. The fourth-order valence-electron chi connectivity index (χ4n) is 3.97. The first-order chi connectivity index (χ1) is 15.9. The van der Waals surface area contributed by atoms with E-state index in [0.717, 1.165) is 5.56 Å². The van der Waals surface area contributed by atoms with E-state index in [1.807, 2.05) is 35.7 Å². The molecule has 0 radical (unpaired) electrons. The van der Waals surface area contributed by atoms with Gasteiger partial charge in [-0.15, -0.1) is 0 Å². The molecule has 6 nitrogen and oxygen atoms in total. The van der Waals surface area contributed by atoms with Gasteiger partial charge in [0.05, 0.1) is 30.8 Å². The average Bonchev–Trinajstić information content (AvgIpc) is 3.20. The Labute approximate surface area is 196 Å². The van der Waals surface area contributed by atoms with Crippen LogP contribution in [0.3, 0.4) is 0 Å². The van der Waals surface area contributed by atoms with E-state index in [2.05, 4.69) is 4.99 Å². The number of fused-ring (bicyclic) bond motifs is 1. The van der Waals surface area contributed by atoms with E-state index in [0.29, 0.717) is 28.7 Å². The molecule has 4 rings (SSSR count). The van der Waals surface area contributed by atoms with Gasteiger partial charge < -0.3 is 14.5 Å². The number of methoxy groups -OCH3 is 1. The Morgan fingerprint density at radius 1 is 1.15 bits per heavy atom. The number of allylic oxidation sites excluding steroid dienone is 1. The summed E-state index contributed by atoms with van der Waals surface area (Å²) < 4.78 is 19.9. The number of esters is 1. The highest BCUT2D eigenvalue weighted by atomic mass is 32.2. The summed E-state index contributed by atoms with van der Waals surface area (Å²) in [6, 6.07) is 15.3. The van der Waals surface area contributed by atoms with Crippen LogP contribution in [0, 0.1) is 5.82 Å². The normalized spacial score (nSPS) is 17.3. The minimum atomic E-state index is -0.778. The largest absolute Gasteiger partial charge is 0.466 e. The van der Waals surface area contributed by atoms with Crippen molar-refractivity contribution in [1.29, 1.82) is 0 Å². The van der Waals surface area contributed by atoms with Gasteiger partial charge in [0, 0.05) is 24.9 Å². The van der Waals surface area contributed by atoms with Gasteiger partial charge in [-0.2, -0.15) is 0 Å². The van der Waals surface area contributed by atoms with E-state index >= 15 is 0 Å². The van der Waals surface area contributed by atoms with Crippen LogP contribution in [-0.2, 0) is 20.9 Å². The standard InChI is InChI=1S/C25H24FN3O3S/c1-16-22(24(31)32-3)23(19-11-7-8-12-20(19)26)29-18(15-33-25(29)27-16)13-21(30)28(2)14-17-9-5-4-6-10-17/h4-12,15,23H,13-14H2,1-3H3. The van der Waals surface area contributed by atoms with Gasteiger partial charge in [0.1, 0.15) is 5.82 Å². The molecule has 0 bridgehead atoms. The van der Waals surface area contributed by atoms with Crippen molar-refractivity contribution in [3.63, 3.8) is 0 Å². The number of carbonyl (C=O) groups excluding carboxylic acids is 2. The Hall–Kier alpha value is -3.39. The lowest BCUT2D eigenvalue weighted by molar-refractivity contribution is -0.136. The van der Waals surface area contributed by atoms with E-state index in [4.69, 9.17) is 4.74 Å². The van der Waals surface area contributed by atoms with Crippen LogP contribution in [0.5, 0.6) is 0 Å². The lowest BCUT2D eigenvalue weighted by Crippen LogP contribution is -2.38. The Morgan fingerprint density at radius 3 is 2.55 bits per heavy atom. The third-order valence-corrected chi connectivity index (χ3v) is 6.52. The molecule has 33 heavy (non-hydrogen) atoms. The van der Waals surface area contributed by atoms with E-state index in [1.54, 1.807) is 42.0 Å². The van der Waals surface area contributed by atoms with Crippen LogP contribution in [-0.4, -0.2) is 41.0 Å². The number of amidine groups is 1. The zero-order chi connectivity index (χ0) is 23.5. The van der Waals surface area contributed by atoms with Gasteiger partial charge in [0.15, 0.2) is 5.17 Å². The maximum absolute atomic E-state index is 14.9. The van der Waals surface area contributed by atoms with Crippen molar-refractivity contribution in [1.82, 2.24) is 9.80 Å². The molecule has 170 valence electrons. The van der Waals surface area contributed by atoms with Crippen molar-refractivity contribution in [2.24, 2.45) is 4.99 Å². The fraction of sp³-hybridized carbons (Fsp3) is 0.240. The van der Waals surface area contributed by atoms with E-state index in [9.17, 15) is 14.0 Å². The summed E-state index contributed by atoms with van der Waals surface area (Å²) in [5, 5.41) is 2.44. The van der Waals surface area contributed by atoms with Gasteiger partial charge in [-0.3, -0.25) is 4.79 Å². The summed E-state index contributed by atoms with van der Waals surface area (Å²) in [5.74, 6) is -1.11. The fourth-order valence-corrected chi connectivity index (χ4v) is 4.93. The van der Waals surface area contributed by atoms with Crippen molar-refractivity contribution >= 4 is 28.8 Å². The highest BCUT2D eigenvalue weighted by Crippen LogP contribution is 2.45. The van der Waals surface area contributed by atoms with Crippen LogP contribution in [0.4, 0.5) is 4.39 Å². The summed E-state index contributed by atoms with van der Waals surface area (Å²) in [5.41, 5.74) is 2.73. The number of hydrogen-bond acceptors (Lipinski definition) is 6. The Kier molecular flexibility index (Phi) is 6.65. The van der Waals surface area contributed by atoms with Crippen molar-refractivity contribution in [3.8, 4) is 0 Å². The highest BCUT2D eigenvalue weighted by Gasteiger charge is 2.42. The maximum Gasteiger partial charge on any atom is 0.338 e. The molecule has 1 unspecified atom stereocenters. The summed E-state index contributed by atoms with van der Waals surface area (Å²) in [4.78, 5) is 33.7. The highest BCUT2D eigenvalue weighted by molar-refractivity contribution is 8.16. The third-order valence-electron chi connectivity index (χ3n) is 5.63. The molecule has 0 aromatic heterocycles. The lowest BCUT2D eigenvalue weighted by Gasteiger charge is -2.36. The number of carbonyl (C=O) groups is 2. The molecule has 2 aromatic carbocycles. The molecule has 2 aromatic rings. The number of nitrogens with zero attached hydrogens (tertiary/aromatic N) is 3. The molecule has 0 aliphatic carbocycles. The Morgan fingerprint density at radius 2 is 1.85 bits per heavy atom. The molecule has 2 aliphatic rings. The van der Waals surface area contributed by atoms with Crippen molar-refractivity contribution in [3.05, 3.63) is 93.9 Å². The number of amides is 1. The number of halogens is 1. The van der Waals surface area contributed by atoms with E-state index < -0.39 is 17.8 Å². The van der Waals surface area contributed by atoms with Gasteiger partial charge in [-0.25, -0.2) is 14.2 Å². The molecular weight excluding hydrogens is 441 g/mol. The van der Waals surface area contributed by atoms with Gasteiger partial charge in [0.25, 0.3) is 0 Å². The quantitative estimate of drug-likeness (QED) is 0.583. The molecule has 2 aliphatic heterocycles. The summed E-state index contributed by atoms with van der Waals surface area (Å²) in [6.45, 7) is 2.19. The van der Waals surface area contributed by atoms with Crippen molar-refractivity contribution in [2.75, 3.05) is 14.2 Å². The predicted octanol–water partition coefficient (Wildman–Crippen LogP) is 4.62. The molecule has 8 heteroatoms. The number of aliphatic imine (C=N–C) groups is 1. The Bertz CT molecular complexity index is 1180. The van der Waals surface area contributed by atoms with Crippen LogP contribution >= 0.6 is 11.8 Å². The zero-order valence-corrected chi connectivity index (χ0v) is 19.4.